The fraction of sp³-hybridized carbons (Fsp3) is 0.286. The zero-order valence-corrected chi connectivity index (χ0v) is 12.5. The summed E-state index contributed by atoms with van der Waals surface area (Å²) in [6.07, 6.45) is 1.77. The monoisotopic (exact) mass is 306 g/mol. The Balaban J connectivity index is 2.11. The molecule has 2 atom stereocenters. The summed E-state index contributed by atoms with van der Waals surface area (Å²) in [5.41, 5.74) is 7.15. The number of carbonyl (C=O) groups excluding carboxylic acids is 2. The average Bonchev–Trinajstić information content (AvgIpc) is 2.45. The van der Waals surface area contributed by atoms with Gasteiger partial charge in [0.25, 0.3) is 0 Å². The molecular weight excluding hydrogens is 288 g/mol. The van der Waals surface area contributed by atoms with Crippen LogP contribution < -0.4 is 21.5 Å². The van der Waals surface area contributed by atoms with Crippen LogP contribution in [0.4, 0.5) is 5.69 Å². The van der Waals surface area contributed by atoms with Gasteiger partial charge >= 0.3 is 0 Å². The summed E-state index contributed by atoms with van der Waals surface area (Å²) >= 11 is 1.52. The molecule has 1 aromatic rings. The van der Waals surface area contributed by atoms with Crippen LogP contribution in [0.2, 0.25) is 0 Å². The number of hydrazine groups is 1. The summed E-state index contributed by atoms with van der Waals surface area (Å²) in [5.74, 6) is 0.409. The van der Waals surface area contributed by atoms with Crippen LogP contribution in [0.25, 0.3) is 0 Å². The van der Waals surface area contributed by atoms with Crippen molar-refractivity contribution in [3.05, 3.63) is 42.5 Å². The predicted octanol–water partition coefficient (Wildman–Crippen LogP) is 1.11. The Morgan fingerprint density at radius 2 is 2.19 bits per heavy atom. The fourth-order valence-electron chi connectivity index (χ4n) is 1.99. The standard InChI is InChI=1S/C14H18N4O2S/c1-3-8-21-14-16-13(20)12(17-18-14)10-6-4-5-7-11(10)15-9(2)19/h3-7,12,14,17-18H,1,8H2,2H3,(H,15,19)(H,16,20). The van der Waals surface area contributed by atoms with Crippen molar-refractivity contribution in [2.24, 2.45) is 0 Å². The first-order chi connectivity index (χ1) is 10.1. The maximum Gasteiger partial charge on any atom is 0.245 e. The van der Waals surface area contributed by atoms with E-state index < -0.39 is 6.04 Å². The topological polar surface area (TPSA) is 82.3 Å². The second kappa shape index (κ2) is 7.26. The number of amides is 2. The van der Waals surface area contributed by atoms with Gasteiger partial charge in [-0.1, -0.05) is 24.3 Å². The van der Waals surface area contributed by atoms with Gasteiger partial charge in [0.1, 0.15) is 11.5 Å². The van der Waals surface area contributed by atoms with Gasteiger partial charge in [-0.25, -0.2) is 10.9 Å². The molecule has 0 radical (unpaired) electrons. The van der Waals surface area contributed by atoms with Crippen molar-refractivity contribution in [1.29, 1.82) is 0 Å². The van der Waals surface area contributed by atoms with Crippen molar-refractivity contribution in [3.63, 3.8) is 0 Å². The number of carbonyl (C=O) groups is 2. The molecule has 112 valence electrons. The molecule has 2 amide bonds. The summed E-state index contributed by atoms with van der Waals surface area (Å²) < 4.78 is 0. The van der Waals surface area contributed by atoms with Crippen molar-refractivity contribution in [3.8, 4) is 0 Å². The van der Waals surface area contributed by atoms with Crippen molar-refractivity contribution >= 4 is 29.3 Å². The molecule has 2 rings (SSSR count). The molecule has 7 heteroatoms. The first-order valence-corrected chi connectivity index (χ1v) is 7.57. The molecule has 1 saturated heterocycles. The van der Waals surface area contributed by atoms with Crippen molar-refractivity contribution in [2.45, 2.75) is 18.5 Å². The number of para-hydroxylation sites is 1. The molecule has 0 saturated carbocycles. The van der Waals surface area contributed by atoms with Crippen LogP contribution >= 0.6 is 11.8 Å². The third-order valence-electron chi connectivity index (χ3n) is 2.86. The summed E-state index contributed by atoms with van der Waals surface area (Å²) in [5, 5.41) is 5.60. The third-order valence-corrected chi connectivity index (χ3v) is 3.85. The molecule has 1 fully saturated rings. The molecule has 1 aliphatic rings. The van der Waals surface area contributed by atoms with Gasteiger partial charge in [-0.05, 0) is 6.07 Å². The Kier molecular flexibility index (Phi) is 5.38. The van der Waals surface area contributed by atoms with E-state index in [2.05, 4.69) is 28.1 Å². The Morgan fingerprint density at radius 3 is 2.86 bits per heavy atom. The van der Waals surface area contributed by atoms with Crippen LogP contribution in [-0.2, 0) is 9.59 Å². The van der Waals surface area contributed by atoms with E-state index in [9.17, 15) is 9.59 Å². The van der Waals surface area contributed by atoms with Gasteiger partial charge in [0.15, 0.2) is 0 Å². The number of thioether (sulfide) groups is 1. The maximum atomic E-state index is 12.2. The number of benzene rings is 1. The SMILES string of the molecule is C=CCSC1NNC(c2ccccc2NC(C)=O)C(=O)N1. The first-order valence-electron chi connectivity index (χ1n) is 6.52. The summed E-state index contributed by atoms with van der Waals surface area (Å²) in [4.78, 5) is 23.5. The van der Waals surface area contributed by atoms with Crippen LogP contribution in [0.1, 0.15) is 18.5 Å². The zero-order chi connectivity index (χ0) is 15.2. The molecule has 21 heavy (non-hydrogen) atoms. The van der Waals surface area contributed by atoms with Gasteiger partial charge in [0, 0.05) is 23.9 Å². The maximum absolute atomic E-state index is 12.2. The second-order valence-electron chi connectivity index (χ2n) is 4.50. The zero-order valence-electron chi connectivity index (χ0n) is 11.7. The normalized spacial score (nSPS) is 21.5. The van der Waals surface area contributed by atoms with Crippen LogP contribution in [0, 0.1) is 0 Å². The van der Waals surface area contributed by atoms with Crippen LogP contribution in [-0.4, -0.2) is 23.1 Å². The number of anilines is 1. The molecule has 0 bridgehead atoms. The summed E-state index contributed by atoms with van der Waals surface area (Å²) in [7, 11) is 0. The molecule has 0 aliphatic carbocycles. The smallest absolute Gasteiger partial charge is 0.245 e. The van der Waals surface area contributed by atoms with Crippen LogP contribution in [0.3, 0.4) is 0 Å². The molecular formula is C14H18N4O2S. The Hall–Kier alpha value is -1.83. The van der Waals surface area contributed by atoms with E-state index in [1.54, 1.807) is 18.2 Å². The van der Waals surface area contributed by atoms with Gasteiger partial charge in [-0.2, -0.15) is 0 Å². The van der Waals surface area contributed by atoms with E-state index in [1.165, 1.54) is 18.7 Å². The second-order valence-corrected chi connectivity index (χ2v) is 5.64. The Labute approximate surface area is 127 Å². The molecule has 0 aromatic heterocycles. The van der Waals surface area contributed by atoms with Crippen molar-refractivity contribution in [1.82, 2.24) is 16.2 Å². The van der Waals surface area contributed by atoms with Gasteiger partial charge in [0.05, 0.1) is 0 Å². The highest BCUT2D eigenvalue weighted by Gasteiger charge is 2.29. The number of rotatable bonds is 5. The molecule has 1 heterocycles. The molecule has 2 unspecified atom stereocenters. The van der Waals surface area contributed by atoms with Crippen molar-refractivity contribution in [2.75, 3.05) is 11.1 Å². The molecule has 4 N–H and O–H groups in total. The molecule has 0 spiro atoms. The van der Waals surface area contributed by atoms with Gasteiger partial charge in [-0.15, -0.1) is 18.3 Å². The van der Waals surface area contributed by atoms with Gasteiger partial charge in [-0.3, -0.25) is 9.59 Å². The number of hydrogen-bond donors (Lipinski definition) is 4. The molecule has 1 aliphatic heterocycles. The Morgan fingerprint density at radius 1 is 1.43 bits per heavy atom. The van der Waals surface area contributed by atoms with E-state index in [0.29, 0.717) is 11.3 Å². The molecule has 1 aromatic carbocycles. The van der Waals surface area contributed by atoms with Crippen LogP contribution in [0.15, 0.2) is 36.9 Å². The highest BCUT2D eigenvalue weighted by Crippen LogP contribution is 2.24. The fourth-order valence-corrected chi connectivity index (χ4v) is 2.67. The van der Waals surface area contributed by atoms with E-state index in [-0.39, 0.29) is 17.3 Å². The van der Waals surface area contributed by atoms with Gasteiger partial charge in [0.2, 0.25) is 11.8 Å². The average molecular weight is 306 g/mol. The lowest BCUT2D eigenvalue weighted by Gasteiger charge is -2.31. The van der Waals surface area contributed by atoms with E-state index in [4.69, 9.17) is 0 Å². The minimum atomic E-state index is -0.561. The molecule has 6 nitrogen and oxygen atoms in total. The lowest BCUT2D eigenvalue weighted by molar-refractivity contribution is -0.126. The number of hydrogen-bond acceptors (Lipinski definition) is 5. The third kappa shape index (κ3) is 4.07. The highest BCUT2D eigenvalue weighted by atomic mass is 32.2. The minimum Gasteiger partial charge on any atom is -0.329 e. The summed E-state index contributed by atoms with van der Waals surface area (Å²) in [6.45, 7) is 5.08. The quantitative estimate of drug-likeness (QED) is 0.613. The largest absolute Gasteiger partial charge is 0.329 e. The van der Waals surface area contributed by atoms with E-state index >= 15 is 0 Å². The van der Waals surface area contributed by atoms with Crippen molar-refractivity contribution < 1.29 is 9.59 Å². The lowest BCUT2D eigenvalue weighted by atomic mass is 10.0. The lowest BCUT2D eigenvalue weighted by Crippen LogP contribution is -2.60. The predicted molar refractivity (Wildman–Crippen MR) is 84.3 cm³/mol. The van der Waals surface area contributed by atoms with E-state index in [1.807, 2.05) is 12.1 Å². The van der Waals surface area contributed by atoms with E-state index in [0.717, 1.165) is 5.75 Å². The summed E-state index contributed by atoms with van der Waals surface area (Å²) in [6, 6.07) is 6.65. The highest BCUT2D eigenvalue weighted by molar-refractivity contribution is 7.99. The van der Waals surface area contributed by atoms with Gasteiger partial charge < -0.3 is 10.6 Å². The number of nitrogens with one attached hydrogen (secondary N) is 4. The van der Waals surface area contributed by atoms with Crippen LogP contribution in [0.5, 0.6) is 0 Å². The first kappa shape index (κ1) is 15.6. The minimum absolute atomic E-state index is 0.145. The Bertz CT molecular complexity index is 550.